The highest BCUT2D eigenvalue weighted by atomic mass is 16.5. The number of phenolic OH excluding ortho intramolecular Hbond substituents is 2. The van der Waals surface area contributed by atoms with Crippen LogP contribution in [0.25, 0.3) is 23.1 Å². The van der Waals surface area contributed by atoms with Gasteiger partial charge in [0.05, 0.1) is 5.56 Å². The lowest BCUT2D eigenvalue weighted by atomic mass is 10.2. The summed E-state index contributed by atoms with van der Waals surface area (Å²) in [6.45, 7) is 1.87. The van der Waals surface area contributed by atoms with E-state index in [1.807, 2.05) is 6.92 Å². The van der Waals surface area contributed by atoms with E-state index < -0.39 is 0 Å². The molecule has 2 heterocycles. The highest BCUT2D eigenvalue weighted by molar-refractivity contribution is 5.67. The normalized spacial score (nSPS) is 10.7. The van der Waals surface area contributed by atoms with Gasteiger partial charge in [-0.25, -0.2) is 9.97 Å². The molecule has 0 amide bonds. The van der Waals surface area contributed by atoms with Crippen LogP contribution >= 0.6 is 0 Å². The quantitative estimate of drug-likeness (QED) is 0.685. The Bertz CT molecular complexity index is 753. The summed E-state index contributed by atoms with van der Waals surface area (Å²) < 4.78 is 5.06. The molecule has 2 aromatic heterocycles. The van der Waals surface area contributed by atoms with Crippen LogP contribution in [0.15, 0.2) is 35.1 Å². The Hall–Kier alpha value is -2.96. The summed E-state index contributed by atoms with van der Waals surface area (Å²) in [5, 5.41) is 23.0. The number of para-hydroxylation sites is 1. The third kappa shape index (κ3) is 2.05. The summed E-state index contributed by atoms with van der Waals surface area (Å²) in [6.07, 6.45) is 3.29. The molecule has 3 rings (SSSR count). The predicted molar refractivity (Wildman–Crippen MR) is 68.8 cm³/mol. The fourth-order valence-corrected chi connectivity index (χ4v) is 1.64. The zero-order valence-corrected chi connectivity index (χ0v) is 10.5. The Morgan fingerprint density at radius 2 is 1.80 bits per heavy atom. The molecule has 0 fully saturated rings. The summed E-state index contributed by atoms with van der Waals surface area (Å²) in [7, 11) is 0. The molecule has 0 unspecified atom stereocenters. The molecule has 0 saturated heterocycles. The highest BCUT2D eigenvalue weighted by Crippen LogP contribution is 2.35. The van der Waals surface area contributed by atoms with Crippen LogP contribution in [0.3, 0.4) is 0 Å². The Kier molecular flexibility index (Phi) is 2.79. The summed E-state index contributed by atoms with van der Waals surface area (Å²) >= 11 is 0. The van der Waals surface area contributed by atoms with Gasteiger partial charge in [-0.05, 0) is 24.6 Å². The highest BCUT2D eigenvalue weighted by Gasteiger charge is 2.17. The molecule has 20 heavy (non-hydrogen) atoms. The van der Waals surface area contributed by atoms with Crippen LogP contribution in [0.5, 0.6) is 11.5 Å². The van der Waals surface area contributed by atoms with Gasteiger partial charge < -0.3 is 14.7 Å². The van der Waals surface area contributed by atoms with Crippen LogP contribution in [0, 0.1) is 6.92 Å². The Morgan fingerprint density at radius 3 is 2.55 bits per heavy atom. The van der Waals surface area contributed by atoms with Crippen molar-refractivity contribution in [2.24, 2.45) is 0 Å². The SMILES string of the molecule is Cc1cnc(-c2noc(-c3cccc(O)c3O)n2)nc1. The molecule has 0 aliphatic carbocycles. The van der Waals surface area contributed by atoms with Gasteiger partial charge in [0.2, 0.25) is 11.6 Å². The molecule has 0 saturated carbocycles. The first-order valence-corrected chi connectivity index (χ1v) is 5.79. The first kappa shape index (κ1) is 12.1. The van der Waals surface area contributed by atoms with Crippen molar-refractivity contribution < 1.29 is 14.7 Å². The number of aryl methyl sites for hydroxylation is 1. The maximum absolute atomic E-state index is 9.76. The lowest BCUT2D eigenvalue weighted by Crippen LogP contribution is -1.90. The summed E-state index contributed by atoms with van der Waals surface area (Å²) in [5.41, 5.74) is 1.17. The number of nitrogens with zero attached hydrogens (tertiary/aromatic N) is 4. The van der Waals surface area contributed by atoms with E-state index in [-0.39, 0.29) is 28.8 Å². The minimum Gasteiger partial charge on any atom is -0.504 e. The lowest BCUT2D eigenvalue weighted by molar-refractivity contribution is 0.397. The zero-order chi connectivity index (χ0) is 14.1. The maximum Gasteiger partial charge on any atom is 0.262 e. The van der Waals surface area contributed by atoms with Crippen LogP contribution in [-0.4, -0.2) is 30.3 Å². The molecule has 0 spiro atoms. The first-order valence-electron chi connectivity index (χ1n) is 5.79. The molecule has 1 aromatic carbocycles. The van der Waals surface area contributed by atoms with Crippen molar-refractivity contribution in [3.05, 3.63) is 36.2 Å². The van der Waals surface area contributed by atoms with E-state index in [9.17, 15) is 10.2 Å². The topological polar surface area (TPSA) is 105 Å². The van der Waals surface area contributed by atoms with Crippen molar-refractivity contribution in [3.8, 4) is 34.6 Å². The fraction of sp³-hybridized carbons (Fsp3) is 0.0769. The average molecular weight is 270 g/mol. The van der Waals surface area contributed by atoms with E-state index in [2.05, 4.69) is 20.1 Å². The third-order valence-corrected chi connectivity index (χ3v) is 2.65. The monoisotopic (exact) mass is 270 g/mol. The number of rotatable bonds is 2. The van der Waals surface area contributed by atoms with Crippen LogP contribution in [0.2, 0.25) is 0 Å². The van der Waals surface area contributed by atoms with Gasteiger partial charge in [0.25, 0.3) is 5.89 Å². The van der Waals surface area contributed by atoms with Gasteiger partial charge in [-0.15, -0.1) is 0 Å². The van der Waals surface area contributed by atoms with Crippen molar-refractivity contribution in [2.75, 3.05) is 0 Å². The number of benzene rings is 1. The molecule has 0 radical (unpaired) electrons. The Labute approximate surface area is 113 Å². The van der Waals surface area contributed by atoms with Crippen LogP contribution in [0.1, 0.15) is 5.56 Å². The van der Waals surface area contributed by atoms with E-state index in [1.54, 1.807) is 24.5 Å². The predicted octanol–water partition coefficient (Wildman–Crippen LogP) is 1.91. The molecule has 7 nitrogen and oxygen atoms in total. The first-order chi connectivity index (χ1) is 9.65. The second-order valence-corrected chi connectivity index (χ2v) is 4.18. The lowest BCUT2D eigenvalue weighted by Gasteiger charge is -2.00. The van der Waals surface area contributed by atoms with Gasteiger partial charge in [-0.1, -0.05) is 11.2 Å². The van der Waals surface area contributed by atoms with E-state index in [1.165, 1.54) is 6.07 Å². The number of phenols is 2. The summed E-state index contributed by atoms with van der Waals surface area (Å²) in [4.78, 5) is 12.3. The molecule has 100 valence electrons. The molecule has 0 bridgehead atoms. The second kappa shape index (κ2) is 4.61. The van der Waals surface area contributed by atoms with E-state index in [0.29, 0.717) is 5.82 Å². The van der Waals surface area contributed by atoms with Crippen molar-refractivity contribution >= 4 is 0 Å². The van der Waals surface area contributed by atoms with Gasteiger partial charge in [0, 0.05) is 12.4 Å². The van der Waals surface area contributed by atoms with Gasteiger partial charge in [-0.3, -0.25) is 0 Å². The van der Waals surface area contributed by atoms with Crippen molar-refractivity contribution in [1.29, 1.82) is 0 Å². The van der Waals surface area contributed by atoms with Crippen molar-refractivity contribution in [2.45, 2.75) is 6.92 Å². The number of hydrogen-bond donors (Lipinski definition) is 2. The van der Waals surface area contributed by atoms with E-state index in [0.717, 1.165) is 5.56 Å². The largest absolute Gasteiger partial charge is 0.504 e. The molecular weight excluding hydrogens is 260 g/mol. The van der Waals surface area contributed by atoms with Gasteiger partial charge in [-0.2, -0.15) is 4.98 Å². The Balaban J connectivity index is 2.02. The minimum absolute atomic E-state index is 0.0811. The van der Waals surface area contributed by atoms with Crippen molar-refractivity contribution in [3.63, 3.8) is 0 Å². The fourth-order valence-electron chi connectivity index (χ4n) is 1.64. The molecule has 0 atom stereocenters. The number of hydrogen-bond acceptors (Lipinski definition) is 7. The Morgan fingerprint density at radius 1 is 1.05 bits per heavy atom. The molecule has 0 aliphatic heterocycles. The van der Waals surface area contributed by atoms with Crippen molar-refractivity contribution in [1.82, 2.24) is 20.1 Å². The minimum atomic E-state index is -0.312. The van der Waals surface area contributed by atoms with Crippen LogP contribution in [0.4, 0.5) is 0 Å². The standard InChI is InChI=1S/C13H10N4O3/c1-7-5-14-11(15-6-7)12-16-13(20-17-12)8-3-2-4-9(18)10(8)19/h2-6,18-19H,1H3. The zero-order valence-electron chi connectivity index (χ0n) is 10.5. The summed E-state index contributed by atoms with van der Waals surface area (Å²) in [6, 6.07) is 4.48. The molecular formula is C13H10N4O3. The molecule has 3 aromatic rings. The van der Waals surface area contributed by atoms with Crippen LogP contribution < -0.4 is 0 Å². The van der Waals surface area contributed by atoms with Gasteiger partial charge in [0.15, 0.2) is 11.5 Å². The average Bonchev–Trinajstić information content (AvgIpc) is 2.92. The van der Waals surface area contributed by atoms with E-state index in [4.69, 9.17) is 4.52 Å². The molecule has 0 aliphatic rings. The number of aromatic hydroxyl groups is 2. The van der Waals surface area contributed by atoms with Gasteiger partial charge in [0.1, 0.15) is 0 Å². The third-order valence-electron chi connectivity index (χ3n) is 2.65. The number of aromatic nitrogens is 4. The molecule has 2 N–H and O–H groups in total. The van der Waals surface area contributed by atoms with Gasteiger partial charge >= 0.3 is 0 Å². The second-order valence-electron chi connectivity index (χ2n) is 4.18. The maximum atomic E-state index is 9.76. The van der Waals surface area contributed by atoms with E-state index >= 15 is 0 Å². The summed E-state index contributed by atoms with van der Waals surface area (Å²) in [5.74, 6) is 0.0481. The molecule has 7 heteroatoms. The van der Waals surface area contributed by atoms with Crippen LogP contribution in [-0.2, 0) is 0 Å². The smallest absolute Gasteiger partial charge is 0.262 e.